The summed E-state index contributed by atoms with van der Waals surface area (Å²) < 4.78 is 1.96. The summed E-state index contributed by atoms with van der Waals surface area (Å²) in [6, 6.07) is 5.35. The zero-order chi connectivity index (χ0) is 20.4. The highest BCUT2D eigenvalue weighted by atomic mass is 32.1. The van der Waals surface area contributed by atoms with Crippen LogP contribution in [0.25, 0.3) is 0 Å². The van der Waals surface area contributed by atoms with Crippen LogP contribution in [-0.2, 0) is 6.54 Å². The van der Waals surface area contributed by atoms with E-state index < -0.39 is 0 Å². The number of hydrogen-bond acceptors (Lipinski definition) is 6. The number of rotatable bonds is 6. The first kappa shape index (κ1) is 19.9. The molecule has 148 valence electrons. The lowest BCUT2D eigenvalue weighted by atomic mass is 10.1. The summed E-state index contributed by atoms with van der Waals surface area (Å²) in [4.78, 5) is 17.4. The summed E-state index contributed by atoms with van der Waals surface area (Å²) in [5, 5.41) is 21.1. The summed E-state index contributed by atoms with van der Waals surface area (Å²) in [5.74, 6) is 1.11. The van der Waals surface area contributed by atoms with Crippen molar-refractivity contribution in [3.63, 3.8) is 0 Å². The van der Waals surface area contributed by atoms with Crippen molar-refractivity contribution >= 4 is 33.9 Å². The average Bonchev–Trinajstić information content (AvgIpc) is 3.22. The number of aromatic nitrogens is 3. The topological polar surface area (TPSA) is 92.1 Å². The Morgan fingerprint density at radius 1 is 1.29 bits per heavy atom. The molecule has 8 heteroatoms. The van der Waals surface area contributed by atoms with E-state index in [1.165, 1.54) is 17.5 Å². The Hall–Kier alpha value is -2.87. The van der Waals surface area contributed by atoms with E-state index in [4.69, 9.17) is 0 Å². The number of phenolic OH excluding ortho intramolecular Hbond substituents is 1. The van der Waals surface area contributed by atoms with Crippen molar-refractivity contribution in [3.05, 3.63) is 46.1 Å². The van der Waals surface area contributed by atoms with Gasteiger partial charge < -0.3 is 15.7 Å². The fourth-order valence-corrected chi connectivity index (χ4v) is 3.57. The van der Waals surface area contributed by atoms with Crippen molar-refractivity contribution in [3.8, 4) is 5.75 Å². The predicted octanol–water partition coefficient (Wildman–Crippen LogP) is 4.62. The highest BCUT2D eigenvalue weighted by molar-refractivity contribution is 7.17. The van der Waals surface area contributed by atoms with E-state index in [1.807, 2.05) is 24.6 Å². The molecule has 0 fully saturated rings. The van der Waals surface area contributed by atoms with E-state index in [1.54, 1.807) is 19.1 Å². The Morgan fingerprint density at radius 2 is 2.04 bits per heavy atom. The SMILES string of the molecule is Cc1ccc(O)c(C)c1NC(=O)c1cnc(Nc2cc(C)n(CC(C)C)n2)s1. The summed E-state index contributed by atoms with van der Waals surface area (Å²) in [7, 11) is 0. The van der Waals surface area contributed by atoms with E-state index in [0.29, 0.717) is 33.0 Å². The molecule has 3 rings (SSSR count). The van der Waals surface area contributed by atoms with Gasteiger partial charge in [-0.2, -0.15) is 5.10 Å². The van der Waals surface area contributed by atoms with Crippen LogP contribution in [0.2, 0.25) is 0 Å². The number of anilines is 3. The van der Waals surface area contributed by atoms with Gasteiger partial charge in [0.1, 0.15) is 10.6 Å². The fourth-order valence-electron chi connectivity index (χ4n) is 2.85. The largest absolute Gasteiger partial charge is 0.508 e. The summed E-state index contributed by atoms with van der Waals surface area (Å²) in [6.07, 6.45) is 1.54. The number of phenols is 1. The average molecular weight is 400 g/mol. The third kappa shape index (κ3) is 4.33. The molecule has 0 saturated carbocycles. The third-order valence-corrected chi connectivity index (χ3v) is 5.28. The monoisotopic (exact) mass is 399 g/mol. The lowest BCUT2D eigenvalue weighted by Crippen LogP contribution is -2.12. The van der Waals surface area contributed by atoms with Crippen molar-refractivity contribution in [1.29, 1.82) is 0 Å². The Morgan fingerprint density at radius 3 is 2.75 bits per heavy atom. The smallest absolute Gasteiger partial charge is 0.267 e. The molecule has 1 amide bonds. The maximum absolute atomic E-state index is 12.6. The molecule has 0 unspecified atom stereocenters. The number of aryl methyl sites for hydroxylation is 2. The van der Waals surface area contributed by atoms with Crippen LogP contribution in [0, 0.1) is 26.7 Å². The van der Waals surface area contributed by atoms with Crippen LogP contribution in [-0.4, -0.2) is 25.8 Å². The number of carbonyl (C=O) groups is 1. The molecule has 0 radical (unpaired) electrons. The lowest BCUT2D eigenvalue weighted by molar-refractivity contribution is 0.103. The van der Waals surface area contributed by atoms with Gasteiger partial charge in [-0.05, 0) is 38.3 Å². The quantitative estimate of drug-likeness (QED) is 0.562. The van der Waals surface area contributed by atoms with Gasteiger partial charge in [0.15, 0.2) is 10.9 Å². The zero-order valence-electron chi connectivity index (χ0n) is 16.7. The first-order valence-corrected chi connectivity index (χ1v) is 9.94. The van der Waals surface area contributed by atoms with Crippen LogP contribution in [0.5, 0.6) is 5.75 Å². The van der Waals surface area contributed by atoms with Gasteiger partial charge in [-0.3, -0.25) is 9.48 Å². The van der Waals surface area contributed by atoms with E-state index in [2.05, 4.69) is 34.6 Å². The van der Waals surface area contributed by atoms with Gasteiger partial charge in [0.25, 0.3) is 5.91 Å². The number of aromatic hydroxyl groups is 1. The van der Waals surface area contributed by atoms with Gasteiger partial charge in [-0.15, -0.1) is 0 Å². The molecule has 0 saturated heterocycles. The van der Waals surface area contributed by atoms with E-state index in [0.717, 1.165) is 17.8 Å². The summed E-state index contributed by atoms with van der Waals surface area (Å²) >= 11 is 1.25. The maximum Gasteiger partial charge on any atom is 0.267 e. The lowest BCUT2D eigenvalue weighted by Gasteiger charge is -2.11. The molecule has 3 N–H and O–H groups in total. The molecule has 0 bridgehead atoms. The number of thiazole rings is 1. The van der Waals surface area contributed by atoms with Crippen LogP contribution in [0.15, 0.2) is 24.4 Å². The predicted molar refractivity (Wildman–Crippen MR) is 113 cm³/mol. The molecule has 2 aromatic heterocycles. The van der Waals surface area contributed by atoms with Crippen LogP contribution >= 0.6 is 11.3 Å². The number of amides is 1. The van der Waals surface area contributed by atoms with Gasteiger partial charge >= 0.3 is 0 Å². The van der Waals surface area contributed by atoms with Crippen LogP contribution < -0.4 is 10.6 Å². The van der Waals surface area contributed by atoms with Crippen molar-refractivity contribution in [2.75, 3.05) is 10.6 Å². The molecule has 3 aromatic rings. The van der Waals surface area contributed by atoms with E-state index in [9.17, 15) is 9.90 Å². The van der Waals surface area contributed by atoms with Gasteiger partial charge in [0.05, 0.1) is 11.9 Å². The molecule has 7 nitrogen and oxygen atoms in total. The minimum Gasteiger partial charge on any atom is -0.508 e. The number of carbonyl (C=O) groups excluding carboxylic acids is 1. The van der Waals surface area contributed by atoms with E-state index in [-0.39, 0.29) is 11.7 Å². The molecule has 0 aliphatic heterocycles. The molecule has 0 aliphatic rings. The standard InChI is InChI=1S/C20H25N5O2S/c1-11(2)10-25-13(4)8-17(24-25)22-20-21-9-16(28-20)19(27)23-18-12(3)6-7-15(26)14(18)5/h6-9,11,26H,10H2,1-5H3,(H,23,27)(H,21,22,24). The minimum atomic E-state index is -0.260. The van der Waals surface area contributed by atoms with Crippen LogP contribution in [0.4, 0.5) is 16.6 Å². The van der Waals surface area contributed by atoms with Crippen LogP contribution in [0.3, 0.4) is 0 Å². The van der Waals surface area contributed by atoms with Crippen molar-refractivity contribution in [2.45, 2.75) is 41.2 Å². The molecular formula is C20H25N5O2S. The normalized spacial score (nSPS) is 11.1. The molecule has 0 aliphatic carbocycles. The highest BCUT2D eigenvalue weighted by Gasteiger charge is 2.15. The second-order valence-electron chi connectivity index (χ2n) is 7.26. The minimum absolute atomic E-state index is 0.153. The van der Waals surface area contributed by atoms with Gasteiger partial charge in [-0.25, -0.2) is 4.98 Å². The maximum atomic E-state index is 12.6. The number of nitrogens with zero attached hydrogens (tertiary/aromatic N) is 3. The molecule has 0 atom stereocenters. The number of hydrogen-bond donors (Lipinski definition) is 3. The zero-order valence-corrected chi connectivity index (χ0v) is 17.5. The first-order chi connectivity index (χ1) is 13.2. The Labute approximate surface area is 168 Å². The molecule has 28 heavy (non-hydrogen) atoms. The second-order valence-corrected chi connectivity index (χ2v) is 8.29. The van der Waals surface area contributed by atoms with Crippen molar-refractivity contribution in [1.82, 2.24) is 14.8 Å². The van der Waals surface area contributed by atoms with Crippen LogP contribution in [0.1, 0.15) is 40.3 Å². The fraction of sp³-hybridized carbons (Fsp3) is 0.350. The second kappa shape index (κ2) is 8.02. The highest BCUT2D eigenvalue weighted by Crippen LogP contribution is 2.29. The van der Waals surface area contributed by atoms with Gasteiger partial charge in [0, 0.05) is 23.9 Å². The van der Waals surface area contributed by atoms with Crippen molar-refractivity contribution < 1.29 is 9.90 Å². The van der Waals surface area contributed by atoms with E-state index >= 15 is 0 Å². The van der Waals surface area contributed by atoms with Gasteiger partial charge in [-0.1, -0.05) is 31.3 Å². The number of benzene rings is 1. The first-order valence-electron chi connectivity index (χ1n) is 9.12. The molecule has 0 spiro atoms. The molecular weight excluding hydrogens is 374 g/mol. The molecule has 1 aromatic carbocycles. The summed E-state index contributed by atoms with van der Waals surface area (Å²) in [5.41, 5.74) is 3.22. The van der Waals surface area contributed by atoms with Gasteiger partial charge in [0.2, 0.25) is 0 Å². The Balaban J connectivity index is 1.72. The Bertz CT molecular complexity index is 1010. The molecule has 2 heterocycles. The Kier molecular flexibility index (Phi) is 5.69. The number of nitrogens with one attached hydrogen (secondary N) is 2. The third-order valence-electron chi connectivity index (χ3n) is 4.37. The summed E-state index contributed by atoms with van der Waals surface area (Å²) in [6.45, 7) is 10.8. The van der Waals surface area contributed by atoms with Crippen molar-refractivity contribution in [2.24, 2.45) is 5.92 Å².